The number of hydrogen-bond acceptors (Lipinski definition) is 3. The van der Waals surface area contributed by atoms with Crippen molar-refractivity contribution in [3.05, 3.63) is 170 Å². The van der Waals surface area contributed by atoms with Crippen LogP contribution in [-0.2, 0) is 0 Å². The van der Waals surface area contributed by atoms with Crippen LogP contribution < -0.4 is 15.7 Å². The number of rotatable bonds is 2. The molecular weight excluding hydrogens is 633 g/mol. The van der Waals surface area contributed by atoms with Crippen molar-refractivity contribution in [2.75, 3.05) is 4.81 Å². The van der Waals surface area contributed by atoms with Crippen LogP contribution in [-0.4, -0.2) is 6.85 Å². The fourth-order valence-electron chi connectivity index (χ4n) is 8.91. The molecule has 240 valence electrons. The summed E-state index contributed by atoms with van der Waals surface area (Å²) < 4.78 is 12.3. The zero-order chi connectivity index (χ0) is 33.9. The molecule has 4 heteroatoms. The minimum atomic E-state index is 0.0439. The molecule has 0 spiro atoms. The van der Waals surface area contributed by atoms with Crippen molar-refractivity contribution in [3.8, 4) is 44.5 Å². The predicted octanol–water partition coefficient (Wildman–Crippen LogP) is 11.7. The van der Waals surface area contributed by atoms with Crippen LogP contribution in [0.15, 0.2) is 179 Å². The van der Waals surface area contributed by atoms with Crippen molar-refractivity contribution in [2.45, 2.75) is 0 Å². The Morgan fingerprint density at radius 2 is 0.808 bits per heavy atom. The molecule has 8 aromatic carbocycles. The average molecular weight is 662 g/mol. The molecule has 0 radical (unpaired) electrons. The molecule has 0 saturated heterocycles. The Balaban J connectivity index is 1.02. The standard InChI is InChI=1S/C48H28BNO2/c1-5-13-41-33(9-1)38-26-30(32-20-24-48-40(28-32)36-12-4-8-16-46(36)52-48)18-22-44(38)50-43-14-6-2-10-34(43)37-25-29(17-21-42(37)49(41)50)31-19-23-47-39(27-31)35-11-3-7-15-45(35)51-47/h1-28H. The van der Waals surface area contributed by atoms with Gasteiger partial charge in [0.25, 0.3) is 0 Å². The monoisotopic (exact) mass is 661 g/mol. The van der Waals surface area contributed by atoms with Crippen LogP contribution in [0.25, 0.3) is 88.4 Å². The first-order valence-electron chi connectivity index (χ1n) is 17.9. The zero-order valence-corrected chi connectivity index (χ0v) is 28.0. The highest BCUT2D eigenvalue weighted by Crippen LogP contribution is 2.47. The SMILES string of the molecule is c1ccc2c(c1)B1c3ccc(-c4ccc5oc6ccccc6c5c4)cc3-c3ccccc3N1c1ccc(-c3ccc4oc5ccccc5c4c3)cc1-2. The van der Waals surface area contributed by atoms with E-state index in [-0.39, 0.29) is 6.85 Å². The normalized spacial score (nSPS) is 12.9. The molecule has 0 saturated carbocycles. The zero-order valence-electron chi connectivity index (χ0n) is 28.0. The summed E-state index contributed by atoms with van der Waals surface area (Å²) in [5.74, 6) is 0. The Kier molecular flexibility index (Phi) is 5.58. The summed E-state index contributed by atoms with van der Waals surface area (Å²) in [6, 6.07) is 61.6. The van der Waals surface area contributed by atoms with Gasteiger partial charge >= 0.3 is 6.85 Å². The Labute approximate surface area is 300 Å². The average Bonchev–Trinajstić information content (AvgIpc) is 3.78. The fourth-order valence-corrected chi connectivity index (χ4v) is 8.91. The van der Waals surface area contributed by atoms with Crippen molar-refractivity contribution in [2.24, 2.45) is 0 Å². The minimum Gasteiger partial charge on any atom is -0.456 e. The molecule has 2 aliphatic rings. The third-order valence-corrected chi connectivity index (χ3v) is 11.3. The molecule has 0 amide bonds. The molecule has 2 aromatic heterocycles. The summed E-state index contributed by atoms with van der Waals surface area (Å²) in [6.45, 7) is 0.0439. The lowest BCUT2D eigenvalue weighted by molar-refractivity contribution is 0.668. The first-order valence-corrected chi connectivity index (χ1v) is 17.9. The molecule has 4 heterocycles. The summed E-state index contributed by atoms with van der Waals surface area (Å²) in [5, 5.41) is 4.58. The van der Waals surface area contributed by atoms with Crippen molar-refractivity contribution >= 4 is 73.0 Å². The number of nitrogens with zero attached hydrogens (tertiary/aromatic N) is 1. The lowest BCUT2D eigenvalue weighted by Crippen LogP contribution is -2.59. The molecule has 0 unspecified atom stereocenters. The number of para-hydroxylation sites is 3. The lowest BCUT2D eigenvalue weighted by Gasteiger charge is -2.43. The van der Waals surface area contributed by atoms with Gasteiger partial charge in [-0.2, -0.15) is 0 Å². The van der Waals surface area contributed by atoms with Gasteiger partial charge in [0.2, 0.25) is 0 Å². The molecule has 0 N–H and O–H groups in total. The van der Waals surface area contributed by atoms with Crippen LogP contribution in [0.2, 0.25) is 0 Å². The molecule has 0 bridgehead atoms. The van der Waals surface area contributed by atoms with Gasteiger partial charge in [-0.3, -0.25) is 0 Å². The second-order valence-corrected chi connectivity index (χ2v) is 14.0. The van der Waals surface area contributed by atoms with Crippen LogP contribution in [0.5, 0.6) is 0 Å². The number of anilines is 2. The van der Waals surface area contributed by atoms with Gasteiger partial charge in [-0.15, -0.1) is 0 Å². The largest absolute Gasteiger partial charge is 0.456 e. The van der Waals surface area contributed by atoms with E-state index in [0.29, 0.717) is 0 Å². The highest BCUT2D eigenvalue weighted by atomic mass is 16.3. The maximum absolute atomic E-state index is 6.15. The van der Waals surface area contributed by atoms with Gasteiger partial charge in [-0.1, -0.05) is 109 Å². The summed E-state index contributed by atoms with van der Waals surface area (Å²) in [5.41, 5.74) is 18.6. The molecule has 0 fully saturated rings. The van der Waals surface area contributed by atoms with E-state index in [1.54, 1.807) is 0 Å². The van der Waals surface area contributed by atoms with Gasteiger partial charge in [0.05, 0.1) is 0 Å². The first-order chi connectivity index (χ1) is 25.8. The van der Waals surface area contributed by atoms with E-state index in [9.17, 15) is 0 Å². The summed E-state index contributed by atoms with van der Waals surface area (Å²) in [4.78, 5) is 2.56. The van der Waals surface area contributed by atoms with E-state index in [0.717, 1.165) is 43.9 Å². The summed E-state index contributed by atoms with van der Waals surface area (Å²) in [7, 11) is 0. The lowest BCUT2D eigenvalue weighted by atomic mass is 9.43. The third-order valence-electron chi connectivity index (χ3n) is 11.3. The topological polar surface area (TPSA) is 29.5 Å². The molecule has 2 aliphatic heterocycles. The Morgan fingerprint density at radius 3 is 1.52 bits per heavy atom. The highest BCUT2D eigenvalue weighted by Gasteiger charge is 2.42. The van der Waals surface area contributed by atoms with Gasteiger partial charge < -0.3 is 13.6 Å². The number of benzene rings is 8. The fraction of sp³-hybridized carbons (Fsp3) is 0. The predicted molar refractivity (Wildman–Crippen MR) is 216 cm³/mol. The van der Waals surface area contributed by atoms with Crippen LogP contribution in [0.4, 0.5) is 11.4 Å². The first kappa shape index (κ1) is 28.0. The van der Waals surface area contributed by atoms with Crippen molar-refractivity contribution in [3.63, 3.8) is 0 Å². The van der Waals surface area contributed by atoms with Gasteiger partial charge in [0.1, 0.15) is 22.3 Å². The van der Waals surface area contributed by atoms with Crippen LogP contribution in [0.3, 0.4) is 0 Å². The molecule has 12 rings (SSSR count). The summed E-state index contributed by atoms with van der Waals surface area (Å²) in [6.07, 6.45) is 0. The molecule has 0 aliphatic carbocycles. The van der Waals surface area contributed by atoms with Crippen LogP contribution >= 0.6 is 0 Å². The highest BCUT2D eigenvalue weighted by molar-refractivity contribution is 6.92. The van der Waals surface area contributed by atoms with Gasteiger partial charge in [-0.05, 0) is 105 Å². The summed E-state index contributed by atoms with van der Waals surface area (Å²) >= 11 is 0. The van der Waals surface area contributed by atoms with E-state index in [2.05, 4.69) is 150 Å². The van der Waals surface area contributed by atoms with E-state index in [4.69, 9.17) is 8.83 Å². The number of fused-ring (bicyclic) bond motifs is 17. The van der Waals surface area contributed by atoms with Crippen LogP contribution in [0.1, 0.15) is 0 Å². The minimum absolute atomic E-state index is 0.0439. The van der Waals surface area contributed by atoms with Gasteiger partial charge in [0, 0.05) is 44.0 Å². The third kappa shape index (κ3) is 3.86. The maximum Gasteiger partial charge on any atom is 0.329 e. The van der Waals surface area contributed by atoms with Crippen molar-refractivity contribution in [1.82, 2.24) is 0 Å². The van der Waals surface area contributed by atoms with Gasteiger partial charge in [0.15, 0.2) is 0 Å². The molecular formula is C48H28BNO2. The number of hydrogen-bond donors (Lipinski definition) is 0. The Bertz CT molecular complexity index is 2900. The number of furan rings is 2. The molecule has 52 heavy (non-hydrogen) atoms. The Hall–Kier alpha value is -6.78. The van der Waals surface area contributed by atoms with E-state index in [1.165, 1.54) is 66.8 Å². The Morgan fingerprint density at radius 1 is 0.327 bits per heavy atom. The van der Waals surface area contributed by atoms with Crippen LogP contribution in [0, 0.1) is 0 Å². The molecule has 0 atom stereocenters. The smallest absolute Gasteiger partial charge is 0.329 e. The quantitative estimate of drug-likeness (QED) is 0.173. The second-order valence-electron chi connectivity index (χ2n) is 14.0. The second kappa shape index (κ2) is 10.4. The van der Waals surface area contributed by atoms with E-state index >= 15 is 0 Å². The van der Waals surface area contributed by atoms with E-state index < -0.39 is 0 Å². The van der Waals surface area contributed by atoms with E-state index in [1.807, 2.05) is 24.3 Å². The maximum atomic E-state index is 6.15. The molecule has 3 nitrogen and oxygen atoms in total. The van der Waals surface area contributed by atoms with Crippen molar-refractivity contribution in [1.29, 1.82) is 0 Å². The van der Waals surface area contributed by atoms with Gasteiger partial charge in [-0.25, -0.2) is 0 Å². The molecule has 10 aromatic rings. The van der Waals surface area contributed by atoms with Crippen molar-refractivity contribution < 1.29 is 8.83 Å².